The van der Waals surface area contributed by atoms with Gasteiger partial charge in [-0.05, 0) is 111 Å². The van der Waals surface area contributed by atoms with Gasteiger partial charge < -0.3 is 9.47 Å². The quantitative estimate of drug-likeness (QED) is 0.156. The molecule has 286 valence electrons. The molecular formula is C58H38N2S. The van der Waals surface area contributed by atoms with E-state index in [1.807, 2.05) is 11.3 Å². The summed E-state index contributed by atoms with van der Waals surface area (Å²) in [6.07, 6.45) is 0. The maximum Gasteiger partial charge on any atom is 0.0541 e. The van der Waals surface area contributed by atoms with E-state index < -0.39 is 0 Å². The van der Waals surface area contributed by atoms with Crippen LogP contribution in [0.1, 0.15) is 0 Å². The Kier molecular flexibility index (Phi) is 8.39. The predicted octanol–water partition coefficient (Wildman–Crippen LogP) is 16.8. The minimum absolute atomic E-state index is 1.11. The van der Waals surface area contributed by atoms with E-state index in [1.165, 1.54) is 91.8 Å². The van der Waals surface area contributed by atoms with Crippen LogP contribution in [0.3, 0.4) is 0 Å². The summed E-state index contributed by atoms with van der Waals surface area (Å²) in [4.78, 5) is 2.40. The summed E-state index contributed by atoms with van der Waals surface area (Å²) in [7, 11) is 0. The molecule has 61 heavy (non-hydrogen) atoms. The van der Waals surface area contributed by atoms with Crippen molar-refractivity contribution in [1.82, 2.24) is 4.57 Å². The lowest BCUT2D eigenvalue weighted by atomic mass is 9.98. The molecule has 10 aromatic carbocycles. The van der Waals surface area contributed by atoms with Crippen molar-refractivity contribution in [2.75, 3.05) is 4.90 Å². The molecule has 0 amide bonds. The van der Waals surface area contributed by atoms with E-state index in [4.69, 9.17) is 0 Å². The van der Waals surface area contributed by atoms with Gasteiger partial charge in [0.05, 0.1) is 16.7 Å². The van der Waals surface area contributed by atoms with Gasteiger partial charge in [0, 0.05) is 53.6 Å². The molecule has 0 aliphatic carbocycles. The van der Waals surface area contributed by atoms with Crippen LogP contribution in [0, 0.1) is 0 Å². The van der Waals surface area contributed by atoms with Crippen molar-refractivity contribution in [1.29, 1.82) is 0 Å². The average molecular weight is 795 g/mol. The van der Waals surface area contributed by atoms with Crippen LogP contribution in [0.5, 0.6) is 0 Å². The summed E-state index contributed by atoms with van der Waals surface area (Å²) in [6, 6.07) is 84.2. The van der Waals surface area contributed by atoms with Gasteiger partial charge in [-0.15, -0.1) is 11.3 Å². The van der Waals surface area contributed by atoms with Crippen molar-refractivity contribution in [2.24, 2.45) is 0 Å². The molecule has 0 unspecified atom stereocenters. The lowest BCUT2D eigenvalue weighted by Crippen LogP contribution is -2.10. The van der Waals surface area contributed by atoms with Crippen LogP contribution in [0.25, 0.3) is 91.8 Å². The van der Waals surface area contributed by atoms with Crippen LogP contribution >= 0.6 is 11.3 Å². The lowest BCUT2D eigenvalue weighted by molar-refractivity contribution is 1.18. The number of aromatic nitrogens is 1. The molecule has 2 nitrogen and oxygen atoms in total. The van der Waals surface area contributed by atoms with Crippen molar-refractivity contribution in [3.8, 4) is 39.1 Å². The molecule has 0 saturated heterocycles. The van der Waals surface area contributed by atoms with Gasteiger partial charge in [-0.3, -0.25) is 0 Å². The number of nitrogens with zero attached hydrogens (tertiary/aromatic N) is 2. The van der Waals surface area contributed by atoms with Crippen molar-refractivity contribution >= 4 is 81.1 Å². The largest absolute Gasteiger partial charge is 0.310 e. The fraction of sp³-hybridized carbons (Fsp3) is 0. The van der Waals surface area contributed by atoms with E-state index in [2.05, 4.69) is 240 Å². The predicted molar refractivity (Wildman–Crippen MR) is 262 cm³/mol. The molecule has 0 radical (unpaired) electrons. The van der Waals surface area contributed by atoms with E-state index >= 15 is 0 Å². The number of hydrogen-bond acceptors (Lipinski definition) is 2. The van der Waals surface area contributed by atoms with Crippen LogP contribution < -0.4 is 4.90 Å². The minimum Gasteiger partial charge on any atom is -0.310 e. The molecule has 0 N–H and O–H groups in total. The molecule has 2 aromatic heterocycles. The van der Waals surface area contributed by atoms with Crippen molar-refractivity contribution < 1.29 is 0 Å². The number of fused-ring (bicyclic) bond motifs is 7. The smallest absolute Gasteiger partial charge is 0.0541 e. The Morgan fingerprint density at radius 3 is 1.66 bits per heavy atom. The number of rotatable bonds is 7. The molecular weight excluding hydrogens is 757 g/mol. The van der Waals surface area contributed by atoms with Crippen LogP contribution in [0.15, 0.2) is 231 Å². The molecule has 3 heteroatoms. The van der Waals surface area contributed by atoms with Crippen LogP contribution in [0.4, 0.5) is 17.1 Å². The van der Waals surface area contributed by atoms with Crippen molar-refractivity contribution in [3.05, 3.63) is 231 Å². The second-order valence-corrected chi connectivity index (χ2v) is 16.8. The third-order valence-electron chi connectivity index (χ3n) is 12.2. The minimum atomic E-state index is 1.11. The van der Waals surface area contributed by atoms with Crippen LogP contribution in [0.2, 0.25) is 0 Å². The normalized spacial score (nSPS) is 11.6. The van der Waals surface area contributed by atoms with Gasteiger partial charge in [0.15, 0.2) is 0 Å². The maximum atomic E-state index is 2.41. The first kappa shape index (κ1) is 35.2. The second kappa shape index (κ2) is 14.5. The lowest BCUT2D eigenvalue weighted by Gasteiger charge is -2.26. The average Bonchev–Trinajstić information content (AvgIpc) is 3.87. The van der Waals surface area contributed by atoms with Gasteiger partial charge in [-0.25, -0.2) is 0 Å². The highest BCUT2D eigenvalue weighted by Gasteiger charge is 2.18. The molecule has 0 spiro atoms. The zero-order valence-corrected chi connectivity index (χ0v) is 34.1. The van der Waals surface area contributed by atoms with Gasteiger partial charge in [-0.2, -0.15) is 0 Å². The monoisotopic (exact) mass is 794 g/mol. The van der Waals surface area contributed by atoms with Gasteiger partial charge in [0.1, 0.15) is 0 Å². The van der Waals surface area contributed by atoms with Gasteiger partial charge in [0.2, 0.25) is 0 Å². The molecule has 0 atom stereocenters. The molecule has 0 aliphatic rings. The first-order chi connectivity index (χ1) is 30.2. The number of hydrogen-bond donors (Lipinski definition) is 0. The summed E-state index contributed by atoms with van der Waals surface area (Å²) in [5.74, 6) is 0. The Bertz CT molecular complexity index is 3540. The van der Waals surface area contributed by atoms with Gasteiger partial charge in [-0.1, -0.05) is 158 Å². The molecule has 2 heterocycles. The SMILES string of the molecule is c1cc(-c2ccc3ccccc3c2)cc(N(c2ccc(-c3ccc(-c4ccccc4-n4c5ccccc5c5ccccc54)cc3)cc2)c2ccc3sc4ccccc4c3c2)c1. The van der Waals surface area contributed by atoms with E-state index in [1.54, 1.807) is 0 Å². The fourth-order valence-electron chi connectivity index (χ4n) is 9.23. The zero-order valence-electron chi connectivity index (χ0n) is 33.2. The van der Waals surface area contributed by atoms with E-state index in [0.717, 1.165) is 17.1 Å². The highest BCUT2D eigenvalue weighted by molar-refractivity contribution is 7.25. The fourth-order valence-corrected chi connectivity index (χ4v) is 10.3. The topological polar surface area (TPSA) is 8.17 Å². The molecule has 0 saturated carbocycles. The van der Waals surface area contributed by atoms with Crippen LogP contribution in [-0.2, 0) is 0 Å². The number of thiophene rings is 1. The molecule has 12 aromatic rings. The van der Waals surface area contributed by atoms with Crippen LogP contribution in [-0.4, -0.2) is 4.57 Å². The zero-order chi connectivity index (χ0) is 40.3. The Balaban J connectivity index is 0.920. The first-order valence-electron chi connectivity index (χ1n) is 20.8. The number of benzene rings is 10. The molecule has 0 aliphatic heterocycles. The second-order valence-electron chi connectivity index (χ2n) is 15.7. The highest BCUT2D eigenvalue weighted by Crippen LogP contribution is 2.43. The Labute approximate surface area is 358 Å². The molecule has 0 bridgehead atoms. The van der Waals surface area contributed by atoms with Gasteiger partial charge in [0.25, 0.3) is 0 Å². The Morgan fingerprint density at radius 1 is 0.311 bits per heavy atom. The van der Waals surface area contributed by atoms with E-state index in [0.29, 0.717) is 0 Å². The Morgan fingerprint density at radius 2 is 0.869 bits per heavy atom. The number of para-hydroxylation sites is 3. The Hall–Kier alpha value is -7.72. The summed E-state index contributed by atoms with van der Waals surface area (Å²) in [5.41, 5.74) is 14.1. The maximum absolute atomic E-state index is 2.41. The van der Waals surface area contributed by atoms with E-state index in [-0.39, 0.29) is 0 Å². The highest BCUT2D eigenvalue weighted by atomic mass is 32.1. The summed E-state index contributed by atoms with van der Waals surface area (Å²) >= 11 is 1.85. The molecule has 0 fully saturated rings. The third-order valence-corrected chi connectivity index (χ3v) is 13.3. The van der Waals surface area contributed by atoms with E-state index in [9.17, 15) is 0 Å². The summed E-state index contributed by atoms with van der Waals surface area (Å²) in [6.45, 7) is 0. The van der Waals surface area contributed by atoms with Crippen molar-refractivity contribution in [3.63, 3.8) is 0 Å². The standard InChI is InChI=1S/C58H38N2S/c1-2-13-43-36-45(29-26-39(43)12-1)44-14-11-15-47(37-44)59(48-34-35-58-53(38-48)52-19-6-10-23-57(52)61-58)46-32-30-41(31-33-46)40-24-27-42(28-25-40)49-16-3-7-20-54(49)60-55-21-8-4-17-50(55)51-18-5-9-22-56(51)60/h1-38H. The summed E-state index contributed by atoms with van der Waals surface area (Å²) in [5, 5.41) is 7.61. The first-order valence-corrected chi connectivity index (χ1v) is 21.6. The third kappa shape index (κ3) is 6.09. The van der Waals surface area contributed by atoms with Crippen molar-refractivity contribution in [2.45, 2.75) is 0 Å². The number of anilines is 3. The molecule has 12 rings (SSSR count). The van der Waals surface area contributed by atoms with Gasteiger partial charge >= 0.3 is 0 Å². The summed E-state index contributed by atoms with van der Waals surface area (Å²) < 4.78 is 5.02.